The molecule has 0 aromatic rings. The topological polar surface area (TPSA) is 20.2 Å². The molecule has 3 aliphatic rings. The molecule has 1 N–H and O–H groups in total. The van der Waals surface area contributed by atoms with Crippen LogP contribution in [0.5, 0.6) is 0 Å². The van der Waals surface area contributed by atoms with Gasteiger partial charge in [0.05, 0.1) is 6.10 Å². The van der Waals surface area contributed by atoms with Gasteiger partial charge < -0.3 is 5.11 Å². The predicted molar refractivity (Wildman–Crippen MR) is 43.0 cm³/mol. The third-order valence-electron chi connectivity index (χ3n) is 3.97. The number of aliphatic hydroxyl groups excluding tert-OH is 1. The molecule has 11 heavy (non-hydrogen) atoms. The first-order valence-corrected chi connectivity index (χ1v) is 4.71. The van der Waals surface area contributed by atoms with Gasteiger partial charge in [0.2, 0.25) is 0 Å². The molecule has 5 atom stereocenters. The predicted octanol–water partition coefficient (Wildman–Crippen LogP) is 1.58. The normalized spacial score (nSPS) is 58.8. The first-order valence-electron chi connectivity index (χ1n) is 4.71. The smallest absolute Gasteiger partial charge is 0.0577 e. The van der Waals surface area contributed by atoms with Crippen LogP contribution in [-0.2, 0) is 0 Å². The van der Waals surface area contributed by atoms with Gasteiger partial charge in [0.15, 0.2) is 0 Å². The number of fused-ring (bicyclic) bond motifs is 5. The molecule has 1 nitrogen and oxygen atoms in total. The van der Waals surface area contributed by atoms with E-state index >= 15 is 0 Å². The minimum absolute atomic E-state index is 0.0315. The van der Waals surface area contributed by atoms with Crippen molar-refractivity contribution in [2.75, 3.05) is 0 Å². The molecule has 0 saturated heterocycles. The van der Waals surface area contributed by atoms with Crippen LogP contribution in [0.4, 0.5) is 0 Å². The van der Waals surface area contributed by atoms with Crippen LogP contribution in [0.25, 0.3) is 0 Å². The van der Waals surface area contributed by atoms with E-state index < -0.39 is 0 Å². The molecule has 0 aromatic heterocycles. The van der Waals surface area contributed by atoms with E-state index in [4.69, 9.17) is 0 Å². The maximum absolute atomic E-state index is 9.63. The molecule has 1 heteroatoms. The molecule has 0 aromatic carbocycles. The highest BCUT2D eigenvalue weighted by molar-refractivity contribution is 5.14. The molecular weight excluding hydrogens is 136 g/mol. The number of rotatable bonds is 0. The first kappa shape index (κ1) is 6.24. The highest BCUT2D eigenvalue weighted by atomic mass is 16.3. The third-order valence-corrected chi connectivity index (χ3v) is 3.97. The molecule has 0 heterocycles. The Labute approximate surface area is 67.1 Å². The summed E-state index contributed by atoms with van der Waals surface area (Å²) in [7, 11) is 0. The van der Waals surface area contributed by atoms with E-state index in [-0.39, 0.29) is 6.10 Å². The Morgan fingerprint density at radius 3 is 3.00 bits per heavy atom. The second kappa shape index (κ2) is 1.89. The van der Waals surface area contributed by atoms with Gasteiger partial charge in [0.25, 0.3) is 0 Å². The van der Waals surface area contributed by atoms with Crippen molar-refractivity contribution in [2.24, 2.45) is 23.7 Å². The molecule has 2 saturated carbocycles. The minimum Gasteiger partial charge on any atom is -0.393 e. The first-order chi connectivity index (χ1) is 5.36. The Hall–Kier alpha value is -0.300. The van der Waals surface area contributed by atoms with Crippen molar-refractivity contribution >= 4 is 0 Å². The van der Waals surface area contributed by atoms with E-state index in [0.29, 0.717) is 5.92 Å². The summed E-state index contributed by atoms with van der Waals surface area (Å²) in [6, 6.07) is 0. The van der Waals surface area contributed by atoms with Crippen molar-refractivity contribution in [3.05, 3.63) is 12.2 Å². The van der Waals surface area contributed by atoms with Crippen LogP contribution in [0.1, 0.15) is 19.3 Å². The van der Waals surface area contributed by atoms with Crippen LogP contribution in [-0.4, -0.2) is 11.2 Å². The van der Waals surface area contributed by atoms with Gasteiger partial charge in [-0.05, 0) is 42.9 Å². The fraction of sp³-hybridized carbons (Fsp3) is 0.800. The van der Waals surface area contributed by atoms with Gasteiger partial charge in [0, 0.05) is 0 Å². The zero-order valence-corrected chi connectivity index (χ0v) is 6.61. The summed E-state index contributed by atoms with van der Waals surface area (Å²) >= 11 is 0. The highest BCUT2D eigenvalue weighted by Gasteiger charge is 2.51. The number of hydrogen-bond donors (Lipinski definition) is 1. The maximum atomic E-state index is 9.63. The lowest BCUT2D eigenvalue weighted by Gasteiger charge is -2.27. The van der Waals surface area contributed by atoms with Gasteiger partial charge in [-0.25, -0.2) is 0 Å². The maximum Gasteiger partial charge on any atom is 0.0577 e. The molecule has 0 aliphatic heterocycles. The lowest BCUT2D eigenvalue weighted by Crippen LogP contribution is -2.27. The second-order valence-corrected chi connectivity index (χ2v) is 4.37. The van der Waals surface area contributed by atoms with Crippen LogP contribution < -0.4 is 0 Å². The minimum atomic E-state index is 0.0315. The summed E-state index contributed by atoms with van der Waals surface area (Å²) in [5, 5.41) is 9.63. The van der Waals surface area contributed by atoms with E-state index in [0.717, 1.165) is 24.2 Å². The average molecular weight is 150 g/mol. The van der Waals surface area contributed by atoms with Crippen molar-refractivity contribution in [3.63, 3.8) is 0 Å². The van der Waals surface area contributed by atoms with Crippen molar-refractivity contribution in [1.29, 1.82) is 0 Å². The van der Waals surface area contributed by atoms with Crippen molar-refractivity contribution in [2.45, 2.75) is 25.4 Å². The Balaban J connectivity index is 1.94. The summed E-state index contributed by atoms with van der Waals surface area (Å²) in [6.45, 7) is 0. The molecule has 0 radical (unpaired) electrons. The van der Waals surface area contributed by atoms with Crippen LogP contribution in [0, 0.1) is 23.7 Å². The molecule has 2 fully saturated rings. The van der Waals surface area contributed by atoms with E-state index in [9.17, 15) is 5.11 Å². The van der Waals surface area contributed by atoms with Crippen molar-refractivity contribution in [3.8, 4) is 0 Å². The fourth-order valence-electron chi connectivity index (χ4n) is 3.51. The molecular formula is C10H14O. The summed E-state index contributed by atoms with van der Waals surface area (Å²) in [4.78, 5) is 0. The monoisotopic (exact) mass is 150 g/mol. The summed E-state index contributed by atoms with van der Waals surface area (Å²) < 4.78 is 0. The Kier molecular flexibility index (Phi) is 1.07. The largest absolute Gasteiger partial charge is 0.393 e. The summed E-state index contributed by atoms with van der Waals surface area (Å²) in [5.74, 6) is 3.16. The molecule has 3 rings (SSSR count). The average Bonchev–Trinajstić information content (AvgIpc) is 2.52. The SMILES string of the molecule is OC1C[C@H]2C[C@@H]1[C@@H]1C=CC[C@H]21. The molecule has 60 valence electrons. The zero-order chi connectivity index (χ0) is 7.42. The lowest BCUT2D eigenvalue weighted by molar-refractivity contribution is 0.0746. The summed E-state index contributed by atoms with van der Waals surface area (Å²) in [6.07, 6.45) is 8.38. The van der Waals surface area contributed by atoms with Crippen LogP contribution in [0.15, 0.2) is 12.2 Å². The Morgan fingerprint density at radius 1 is 1.18 bits per heavy atom. The quantitative estimate of drug-likeness (QED) is 0.520. The number of allylic oxidation sites excluding steroid dienone is 2. The van der Waals surface area contributed by atoms with Gasteiger partial charge in [-0.15, -0.1) is 0 Å². The van der Waals surface area contributed by atoms with Gasteiger partial charge in [0.1, 0.15) is 0 Å². The van der Waals surface area contributed by atoms with Gasteiger partial charge >= 0.3 is 0 Å². The van der Waals surface area contributed by atoms with Crippen LogP contribution >= 0.6 is 0 Å². The molecule has 0 spiro atoms. The van der Waals surface area contributed by atoms with Gasteiger partial charge in [-0.2, -0.15) is 0 Å². The number of aliphatic hydroxyl groups is 1. The number of hydrogen-bond acceptors (Lipinski definition) is 1. The Bertz CT molecular complexity index is 209. The van der Waals surface area contributed by atoms with E-state index in [1.165, 1.54) is 12.8 Å². The fourth-order valence-corrected chi connectivity index (χ4v) is 3.51. The summed E-state index contributed by atoms with van der Waals surface area (Å²) in [5.41, 5.74) is 0. The van der Waals surface area contributed by atoms with Crippen molar-refractivity contribution in [1.82, 2.24) is 0 Å². The second-order valence-electron chi connectivity index (χ2n) is 4.37. The molecule has 1 unspecified atom stereocenters. The molecule has 0 amide bonds. The van der Waals surface area contributed by atoms with Crippen LogP contribution in [0.2, 0.25) is 0 Å². The zero-order valence-electron chi connectivity index (χ0n) is 6.61. The van der Waals surface area contributed by atoms with E-state index in [1.54, 1.807) is 0 Å². The molecule has 2 bridgehead atoms. The lowest BCUT2D eigenvalue weighted by atomic mass is 9.80. The van der Waals surface area contributed by atoms with E-state index in [2.05, 4.69) is 12.2 Å². The third kappa shape index (κ3) is 0.652. The van der Waals surface area contributed by atoms with Crippen LogP contribution in [0.3, 0.4) is 0 Å². The van der Waals surface area contributed by atoms with Gasteiger partial charge in [-0.3, -0.25) is 0 Å². The van der Waals surface area contributed by atoms with Crippen molar-refractivity contribution < 1.29 is 5.11 Å². The standard InChI is InChI=1S/C10H14O/c11-10-5-6-4-9(10)8-3-1-2-7(6)8/h1,3,6-11H,2,4-5H2/t6-,7-,8-,9-,10?/m1/s1. The van der Waals surface area contributed by atoms with Gasteiger partial charge in [-0.1, -0.05) is 12.2 Å². The van der Waals surface area contributed by atoms with E-state index in [1.807, 2.05) is 0 Å². The molecule has 3 aliphatic carbocycles. The highest BCUT2D eigenvalue weighted by Crippen LogP contribution is 2.56. The Morgan fingerprint density at radius 2 is 2.09 bits per heavy atom.